The van der Waals surface area contributed by atoms with Crippen LogP contribution in [0.15, 0.2) is 12.4 Å². The molecular formula is C19H32N2. The molecule has 1 aromatic heterocycles. The van der Waals surface area contributed by atoms with E-state index in [0.717, 1.165) is 0 Å². The van der Waals surface area contributed by atoms with Crippen LogP contribution < -0.4 is 4.57 Å². The van der Waals surface area contributed by atoms with Crippen molar-refractivity contribution in [3.05, 3.63) is 18.7 Å². The van der Waals surface area contributed by atoms with E-state index >= 15 is 0 Å². The monoisotopic (exact) mass is 288 g/mol. The Kier molecular flexibility index (Phi) is 5.76. The van der Waals surface area contributed by atoms with Crippen molar-refractivity contribution in [2.45, 2.75) is 102 Å². The third-order valence-corrected chi connectivity index (χ3v) is 5.55. The van der Waals surface area contributed by atoms with Gasteiger partial charge in [-0.2, -0.15) is 0 Å². The summed E-state index contributed by atoms with van der Waals surface area (Å²) in [5, 5.41) is 0. The number of aromatic nitrogens is 2. The molecule has 1 aromatic rings. The second-order valence-electron chi connectivity index (χ2n) is 7.21. The van der Waals surface area contributed by atoms with Gasteiger partial charge in [0, 0.05) is 0 Å². The molecule has 1 heterocycles. The predicted octanol–water partition coefficient (Wildman–Crippen LogP) is 5.15. The molecule has 3 rings (SSSR count). The number of hydrogen-bond acceptors (Lipinski definition) is 0. The summed E-state index contributed by atoms with van der Waals surface area (Å²) in [6.45, 7) is 0. The van der Waals surface area contributed by atoms with E-state index < -0.39 is 0 Å². The predicted molar refractivity (Wildman–Crippen MR) is 86.2 cm³/mol. The maximum atomic E-state index is 3.68. The molecule has 2 nitrogen and oxygen atoms in total. The van der Waals surface area contributed by atoms with Crippen LogP contribution in [0.3, 0.4) is 0 Å². The Morgan fingerprint density at radius 3 is 1.86 bits per heavy atom. The molecule has 0 aliphatic heterocycles. The van der Waals surface area contributed by atoms with Gasteiger partial charge >= 0.3 is 0 Å². The highest BCUT2D eigenvalue weighted by Gasteiger charge is 2.18. The van der Waals surface area contributed by atoms with E-state index in [-0.39, 0.29) is 0 Å². The number of hydrogen-bond donors (Lipinski definition) is 0. The van der Waals surface area contributed by atoms with Crippen LogP contribution in [0.4, 0.5) is 0 Å². The molecule has 0 unspecified atom stereocenters. The largest absolute Gasteiger partial charge is 0.349 e. The van der Waals surface area contributed by atoms with Gasteiger partial charge in [-0.3, -0.25) is 0 Å². The fourth-order valence-electron chi connectivity index (χ4n) is 4.18. The van der Waals surface area contributed by atoms with E-state index in [2.05, 4.69) is 27.9 Å². The molecule has 21 heavy (non-hydrogen) atoms. The normalized spacial score (nSPS) is 24.0. The Labute approximate surface area is 130 Å². The van der Waals surface area contributed by atoms with Crippen molar-refractivity contribution in [2.24, 2.45) is 0 Å². The van der Waals surface area contributed by atoms with E-state index in [1.807, 2.05) is 0 Å². The minimum Gasteiger partial charge on any atom is -0.349 e. The third kappa shape index (κ3) is 4.34. The zero-order valence-electron chi connectivity index (χ0n) is 13.6. The van der Waals surface area contributed by atoms with Gasteiger partial charge in [0.15, 0.2) is 0 Å². The number of nitrogens with zero attached hydrogens (tertiary/aromatic N) is 2. The van der Waals surface area contributed by atoms with E-state index in [9.17, 15) is 0 Å². The molecule has 0 bridgehead atoms. The quantitative estimate of drug-likeness (QED) is 0.526. The summed E-state index contributed by atoms with van der Waals surface area (Å²) in [4.78, 5) is 0. The smallest absolute Gasteiger partial charge is 0.204 e. The van der Waals surface area contributed by atoms with Gasteiger partial charge in [0.2, 0.25) is 6.33 Å². The highest BCUT2D eigenvalue weighted by molar-refractivity contribution is 4.76. The highest BCUT2D eigenvalue weighted by atomic mass is 15.1. The van der Waals surface area contributed by atoms with Crippen LogP contribution in [0.5, 0.6) is 0 Å². The van der Waals surface area contributed by atoms with Crippen LogP contribution in [0.25, 0.3) is 0 Å². The molecule has 0 amide bonds. The average Bonchev–Trinajstić information content (AvgIpc) is 2.87. The van der Waals surface area contributed by atoms with Crippen molar-refractivity contribution in [2.75, 3.05) is 0 Å². The van der Waals surface area contributed by atoms with Crippen molar-refractivity contribution < 1.29 is 4.57 Å². The van der Waals surface area contributed by atoms with E-state index in [1.54, 1.807) is 0 Å². The number of rotatable bonds is 2. The average molecular weight is 288 g/mol. The minimum absolute atomic E-state index is 0.708. The van der Waals surface area contributed by atoms with Gasteiger partial charge in [0.25, 0.3) is 0 Å². The van der Waals surface area contributed by atoms with Gasteiger partial charge in [-0.1, -0.05) is 38.5 Å². The van der Waals surface area contributed by atoms with Gasteiger partial charge in [0.05, 0.1) is 12.1 Å². The van der Waals surface area contributed by atoms with Crippen LogP contribution in [0.1, 0.15) is 102 Å². The molecule has 118 valence electrons. The topological polar surface area (TPSA) is 8.81 Å². The van der Waals surface area contributed by atoms with Gasteiger partial charge in [-0.05, 0) is 63.8 Å². The summed E-state index contributed by atoms with van der Waals surface area (Å²) in [5.41, 5.74) is 0. The van der Waals surface area contributed by atoms with Crippen molar-refractivity contribution in [3.63, 3.8) is 0 Å². The lowest BCUT2D eigenvalue weighted by Gasteiger charge is -2.21. The van der Waals surface area contributed by atoms with Crippen LogP contribution in [0.2, 0.25) is 0 Å². The Morgan fingerprint density at radius 2 is 1.24 bits per heavy atom. The van der Waals surface area contributed by atoms with E-state index in [1.165, 1.54) is 89.9 Å². The lowest BCUT2D eigenvalue weighted by molar-refractivity contribution is -0.728. The zero-order chi connectivity index (χ0) is 14.3. The Bertz CT molecular complexity index is 357. The summed E-state index contributed by atoms with van der Waals surface area (Å²) in [5.74, 6) is 0. The SMILES string of the molecule is [c-]1n(C2CCCCCCC2)cc[n+]1C1CCCCCCC1. The maximum Gasteiger partial charge on any atom is 0.204 e. The molecule has 2 saturated carbocycles. The molecular weight excluding hydrogens is 256 g/mol. The van der Waals surface area contributed by atoms with Crippen LogP contribution >= 0.6 is 0 Å². The molecule has 0 spiro atoms. The first kappa shape index (κ1) is 15.1. The van der Waals surface area contributed by atoms with Crippen molar-refractivity contribution in [1.82, 2.24) is 4.57 Å². The Hall–Kier alpha value is -0.790. The molecule has 2 aliphatic carbocycles. The Balaban J connectivity index is 1.63. The number of imidazole rings is 1. The van der Waals surface area contributed by atoms with Gasteiger partial charge in [-0.15, -0.1) is 0 Å². The summed E-state index contributed by atoms with van der Waals surface area (Å²) >= 11 is 0. The first-order valence-electron chi connectivity index (χ1n) is 9.45. The van der Waals surface area contributed by atoms with Crippen molar-refractivity contribution in [1.29, 1.82) is 0 Å². The zero-order valence-corrected chi connectivity index (χ0v) is 13.6. The molecule has 0 N–H and O–H groups in total. The summed E-state index contributed by atoms with van der Waals surface area (Å²) in [6, 6.07) is 1.42. The first-order chi connectivity index (χ1) is 10.4. The first-order valence-corrected chi connectivity index (χ1v) is 9.45. The lowest BCUT2D eigenvalue weighted by Crippen LogP contribution is -2.38. The standard InChI is InChI=1S/C19H32N2/c1-3-7-11-18(12-8-4-1)20-15-16-21(17-20)19-13-9-5-2-6-10-14-19/h15-16,18-19H,1-14H2. The maximum absolute atomic E-state index is 3.68. The van der Waals surface area contributed by atoms with Gasteiger partial charge in [0.1, 0.15) is 0 Å². The summed E-state index contributed by atoms with van der Waals surface area (Å²) < 4.78 is 4.81. The fraction of sp³-hybridized carbons (Fsp3) is 0.842. The Morgan fingerprint density at radius 1 is 0.714 bits per heavy atom. The van der Waals surface area contributed by atoms with Crippen LogP contribution in [-0.4, -0.2) is 4.57 Å². The third-order valence-electron chi connectivity index (χ3n) is 5.55. The van der Waals surface area contributed by atoms with E-state index in [0.29, 0.717) is 12.1 Å². The molecule has 0 aromatic carbocycles. The molecule has 2 aliphatic rings. The molecule has 2 fully saturated rings. The fourth-order valence-corrected chi connectivity index (χ4v) is 4.18. The van der Waals surface area contributed by atoms with E-state index in [4.69, 9.17) is 0 Å². The minimum atomic E-state index is 0.708. The second kappa shape index (κ2) is 8.00. The molecule has 0 atom stereocenters. The summed E-state index contributed by atoms with van der Waals surface area (Å²) in [7, 11) is 0. The van der Waals surface area contributed by atoms with Gasteiger partial charge < -0.3 is 9.13 Å². The second-order valence-corrected chi connectivity index (χ2v) is 7.21. The molecule has 0 saturated heterocycles. The highest BCUT2D eigenvalue weighted by Crippen LogP contribution is 2.26. The van der Waals surface area contributed by atoms with Crippen LogP contribution in [0, 0.1) is 6.33 Å². The van der Waals surface area contributed by atoms with Crippen molar-refractivity contribution >= 4 is 0 Å². The molecule has 0 radical (unpaired) electrons. The molecule has 2 heteroatoms. The summed E-state index contributed by atoms with van der Waals surface area (Å²) in [6.07, 6.45) is 27.9. The van der Waals surface area contributed by atoms with Crippen LogP contribution in [-0.2, 0) is 0 Å². The van der Waals surface area contributed by atoms with Crippen molar-refractivity contribution in [3.8, 4) is 0 Å². The van der Waals surface area contributed by atoms with Gasteiger partial charge in [-0.25, -0.2) is 0 Å². The lowest BCUT2D eigenvalue weighted by atomic mass is 9.96.